The number of hydrogen-bond donors (Lipinski definition) is 2. The van der Waals surface area contributed by atoms with Gasteiger partial charge in [0.2, 0.25) is 0 Å². The van der Waals surface area contributed by atoms with E-state index in [9.17, 15) is 5.11 Å². The van der Waals surface area contributed by atoms with Crippen LogP contribution in [0.25, 0.3) is 0 Å². The van der Waals surface area contributed by atoms with Crippen LogP contribution in [0, 0.1) is 0 Å². The van der Waals surface area contributed by atoms with Gasteiger partial charge in [-0.25, -0.2) is 0 Å². The molecule has 0 spiro atoms. The molecule has 0 amide bonds. The van der Waals surface area contributed by atoms with Gasteiger partial charge in [0.1, 0.15) is 0 Å². The Morgan fingerprint density at radius 1 is 1.42 bits per heavy atom. The van der Waals surface area contributed by atoms with Gasteiger partial charge in [-0.2, -0.15) is 0 Å². The Labute approximate surface area is 87.8 Å². The van der Waals surface area contributed by atoms with Crippen molar-refractivity contribution in [3.8, 4) is 0 Å². The molecule has 2 atom stereocenters. The maximum Gasteiger partial charge on any atom is 0.0683 e. The Morgan fingerprint density at radius 2 is 2.08 bits per heavy atom. The Kier molecular flexibility index (Phi) is 8.27. The monoisotopic (exact) mass is 284 g/mol. The topological polar surface area (TPSA) is 40.5 Å². The van der Waals surface area contributed by atoms with Crippen molar-refractivity contribution in [1.82, 2.24) is 0 Å². The van der Waals surface area contributed by atoms with Crippen molar-refractivity contribution in [1.29, 1.82) is 0 Å². The fourth-order valence-electron chi connectivity index (χ4n) is 0.854. The number of halogens is 1. The maximum atomic E-state index is 9.42. The SMILES string of the molecule is CC/C=C/CC[C@H](O)[C@@H](I)CO. The average molecular weight is 284 g/mol. The van der Waals surface area contributed by atoms with Crippen LogP contribution in [0.15, 0.2) is 12.2 Å². The summed E-state index contributed by atoms with van der Waals surface area (Å²) >= 11 is 2.07. The lowest BCUT2D eigenvalue weighted by Gasteiger charge is -2.13. The summed E-state index contributed by atoms with van der Waals surface area (Å²) in [6, 6.07) is 0. The zero-order valence-electron chi connectivity index (χ0n) is 7.41. The lowest BCUT2D eigenvalue weighted by molar-refractivity contribution is 0.139. The first-order valence-corrected chi connectivity index (χ1v) is 5.55. The van der Waals surface area contributed by atoms with Crippen LogP contribution in [0.1, 0.15) is 26.2 Å². The van der Waals surface area contributed by atoms with E-state index in [2.05, 4.69) is 41.7 Å². The van der Waals surface area contributed by atoms with E-state index >= 15 is 0 Å². The zero-order chi connectivity index (χ0) is 9.40. The lowest BCUT2D eigenvalue weighted by atomic mass is 10.1. The molecule has 0 fully saturated rings. The highest BCUT2D eigenvalue weighted by molar-refractivity contribution is 14.1. The first kappa shape index (κ1) is 12.4. The van der Waals surface area contributed by atoms with E-state index in [-0.39, 0.29) is 16.6 Å². The fraction of sp³-hybridized carbons (Fsp3) is 0.778. The van der Waals surface area contributed by atoms with Gasteiger partial charge < -0.3 is 10.2 Å². The fourth-order valence-corrected chi connectivity index (χ4v) is 1.21. The molecule has 3 heteroatoms. The summed E-state index contributed by atoms with van der Waals surface area (Å²) < 4.78 is -0.0300. The summed E-state index contributed by atoms with van der Waals surface area (Å²) in [6.45, 7) is 2.14. The molecule has 0 heterocycles. The molecule has 12 heavy (non-hydrogen) atoms. The minimum Gasteiger partial charge on any atom is -0.395 e. The van der Waals surface area contributed by atoms with Crippen LogP contribution in [0.4, 0.5) is 0 Å². The predicted octanol–water partition coefficient (Wildman–Crippen LogP) is 1.89. The molecule has 0 aromatic carbocycles. The normalized spacial score (nSPS) is 16.7. The molecular weight excluding hydrogens is 267 g/mol. The van der Waals surface area contributed by atoms with Crippen molar-refractivity contribution >= 4 is 22.6 Å². The van der Waals surface area contributed by atoms with E-state index in [0.29, 0.717) is 0 Å². The third kappa shape index (κ3) is 5.97. The first-order valence-electron chi connectivity index (χ1n) is 4.30. The van der Waals surface area contributed by atoms with Crippen molar-refractivity contribution in [3.63, 3.8) is 0 Å². The van der Waals surface area contributed by atoms with Gasteiger partial charge in [0.05, 0.1) is 16.6 Å². The summed E-state index contributed by atoms with van der Waals surface area (Å²) in [6.07, 6.45) is 6.47. The molecule has 2 nitrogen and oxygen atoms in total. The number of hydrogen-bond acceptors (Lipinski definition) is 2. The second-order valence-corrected chi connectivity index (χ2v) is 4.32. The second-order valence-electron chi connectivity index (χ2n) is 2.72. The Hall–Kier alpha value is 0.390. The Balaban J connectivity index is 3.43. The molecule has 0 aliphatic rings. The van der Waals surface area contributed by atoms with Gasteiger partial charge in [-0.3, -0.25) is 0 Å². The molecule has 0 aliphatic heterocycles. The van der Waals surface area contributed by atoms with E-state index in [1.54, 1.807) is 0 Å². The van der Waals surface area contributed by atoms with Gasteiger partial charge in [-0.1, -0.05) is 41.7 Å². The smallest absolute Gasteiger partial charge is 0.0683 e. The van der Waals surface area contributed by atoms with Gasteiger partial charge in [0, 0.05) is 0 Å². The first-order chi connectivity index (χ1) is 5.72. The standard InChI is InChI=1S/C9H17IO2/c1-2-3-4-5-6-9(12)8(10)7-11/h3-4,8-9,11-12H,2,5-7H2,1H3/b4-3+/t8-,9-/m0/s1. The van der Waals surface area contributed by atoms with Crippen LogP contribution in [-0.4, -0.2) is 26.8 Å². The third-order valence-electron chi connectivity index (χ3n) is 1.62. The molecule has 0 bridgehead atoms. The summed E-state index contributed by atoms with van der Waals surface area (Å²) in [5.41, 5.74) is 0. The molecule has 0 rings (SSSR count). The van der Waals surface area contributed by atoms with Crippen molar-refractivity contribution in [2.24, 2.45) is 0 Å². The Bertz CT molecular complexity index is 126. The van der Waals surface area contributed by atoms with Gasteiger partial charge >= 0.3 is 0 Å². The molecule has 2 N–H and O–H groups in total. The van der Waals surface area contributed by atoms with Gasteiger partial charge in [0.25, 0.3) is 0 Å². The Morgan fingerprint density at radius 3 is 2.58 bits per heavy atom. The molecule has 72 valence electrons. The van der Waals surface area contributed by atoms with Crippen LogP contribution in [0.5, 0.6) is 0 Å². The van der Waals surface area contributed by atoms with E-state index in [0.717, 1.165) is 19.3 Å². The van der Waals surface area contributed by atoms with Gasteiger partial charge in [-0.05, 0) is 19.3 Å². The summed E-state index contributed by atoms with van der Waals surface area (Å²) in [7, 11) is 0. The molecule has 0 unspecified atom stereocenters. The summed E-state index contributed by atoms with van der Waals surface area (Å²) in [5.74, 6) is 0. The largest absolute Gasteiger partial charge is 0.395 e. The molecule has 0 aliphatic carbocycles. The highest BCUT2D eigenvalue weighted by atomic mass is 127. The van der Waals surface area contributed by atoms with Crippen molar-refractivity contribution < 1.29 is 10.2 Å². The maximum absolute atomic E-state index is 9.42. The van der Waals surface area contributed by atoms with E-state index < -0.39 is 0 Å². The zero-order valence-corrected chi connectivity index (χ0v) is 9.57. The average Bonchev–Trinajstić information content (AvgIpc) is 2.10. The van der Waals surface area contributed by atoms with Crippen LogP contribution >= 0.6 is 22.6 Å². The minimum atomic E-state index is -0.378. The van der Waals surface area contributed by atoms with Crippen molar-refractivity contribution in [2.75, 3.05) is 6.61 Å². The second kappa shape index (κ2) is 8.01. The summed E-state index contributed by atoms with van der Waals surface area (Å²) in [4.78, 5) is 0. The molecule has 0 aromatic rings. The highest BCUT2D eigenvalue weighted by Crippen LogP contribution is 2.11. The molecule has 0 radical (unpaired) electrons. The van der Waals surface area contributed by atoms with Crippen LogP contribution < -0.4 is 0 Å². The quantitative estimate of drug-likeness (QED) is 0.444. The predicted molar refractivity (Wildman–Crippen MR) is 59.6 cm³/mol. The molecule has 0 saturated carbocycles. The van der Waals surface area contributed by atoms with Crippen molar-refractivity contribution in [3.05, 3.63) is 12.2 Å². The number of aliphatic hydroxyl groups is 2. The number of allylic oxidation sites excluding steroid dienone is 2. The highest BCUT2D eigenvalue weighted by Gasteiger charge is 2.12. The van der Waals surface area contributed by atoms with Crippen molar-refractivity contribution in [2.45, 2.75) is 36.2 Å². The van der Waals surface area contributed by atoms with Gasteiger partial charge in [-0.15, -0.1) is 0 Å². The number of rotatable bonds is 6. The minimum absolute atomic E-state index is 0.0300. The van der Waals surface area contributed by atoms with E-state index in [1.165, 1.54) is 0 Å². The van der Waals surface area contributed by atoms with Crippen LogP contribution in [0.2, 0.25) is 0 Å². The number of aliphatic hydroxyl groups excluding tert-OH is 2. The molecular formula is C9H17IO2. The molecule has 0 saturated heterocycles. The third-order valence-corrected chi connectivity index (χ3v) is 2.85. The van der Waals surface area contributed by atoms with Crippen LogP contribution in [-0.2, 0) is 0 Å². The van der Waals surface area contributed by atoms with Crippen LogP contribution in [0.3, 0.4) is 0 Å². The summed E-state index contributed by atoms with van der Waals surface area (Å²) in [5, 5.41) is 18.1. The number of alkyl halides is 1. The van der Waals surface area contributed by atoms with E-state index in [4.69, 9.17) is 5.11 Å². The van der Waals surface area contributed by atoms with Gasteiger partial charge in [0.15, 0.2) is 0 Å². The van der Waals surface area contributed by atoms with E-state index in [1.807, 2.05) is 0 Å². The lowest BCUT2D eigenvalue weighted by Crippen LogP contribution is -2.23. The molecule has 0 aromatic heterocycles.